The van der Waals surface area contributed by atoms with Gasteiger partial charge in [0.25, 0.3) is 0 Å². The van der Waals surface area contributed by atoms with Gasteiger partial charge in [-0.2, -0.15) is 0 Å². The predicted octanol–water partition coefficient (Wildman–Crippen LogP) is 2.75. The third-order valence-electron chi connectivity index (χ3n) is 6.17. The number of phenols is 1. The summed E-state index contributed by atoms with van der Waals surface area (Å²) in [4.78, 5) is 12.6. The number of carbonyl (C=O) groups excluding carboxylic acids is 1. The van der Waals surface area contributed by atoms with E-state index in [4.69, 9.17) is 9.84 Å². The van der Waals surface area contributed by atoms with E-state index < -0.39 is 18.3 Å². The summed E-state index contributed by atoms with van der Waals surface area (Å²) in [5, 5.41) is 32.0. The zero-order valence-electron chi connectivity index (χ0n) is 18.0. The Labute approximate surface area is 172 Å². The van der Waals surface area contributed by atoms with Crippen LogP contribution in [0.2, 0.25) is 0 Å². The fraction of sp³-hybridized carbons (Fsp3) is 0.609. The summed E-state index contributed by atoms with van der Waals surface area (Å²) >= 11 is 0. The third kappa shape index (κ3) is 4.28. The molecule has 0 fully saturated rings. The third-order valence-corrected chi connectivity index (χ3v) is 6.17. The van der Waals surface area contributed by atoms with Crippen LogP contribution in [0.1, 0.15) is 64.5 Å². The Kier molecular flexibility index (Phi) is 5.71. The molecule has 2 unspecified atom stereocenters. The van der Waals surface area contributed by atoms with Crippen LogP contribution < -0.4 is 10.1 Å². The monoisotopic (exact) mass is 403 g/mol. The van der Waals surface area contributed by atoms with Gasteiger partial charge in [-0.1, -0.05) is 26.8 Å². The zero-order valence-corrected chi connectivity index (χ0v) is 18.0. The van der Waals surface area contributed by atoms with Crippen LogP contribution in [0, 0.1) is 5.92 Å². The number of aromatic hydroxyl groups is 1. The molecule has 6 heteroatoms. The summed E-state index contributed by atoms with van der Waals surface area (Å²) in [6.07, 6.45) is 2.12. The standard InChI is InChI=1S/C23H33NO5/c1-22(2,3)14-9-18(27)20-16-8-13(21(28)24-11-15(26)12-25)6-7-17(16)23(4,5)29-19(20)10-14/h6,9-10,15-17,25-27H,7-8,11-12H2,1-5H3,(H,24,28)/t15?,16?,17-/m1/s1. The second-order valence-electron chi connectivity index (χ2n) is 9.79. The molecule has 6 nitrogen and oxygen atoms in total. The molecule has 160 valence electrons. The lowest BCUT2D eigenvalue weighted by Crippen LogP contribution is -2.46. The maximum atomic E-state index is 12.6. The van der Waals surface area contributed by atoms with Crippen molar-refractivity contribution in [1.82, 2.24) is 5.32 Å². The topological polar surface area (TPSA) is 99.0 Å². The van der Waals surface area contributed by atoms with E-state index in [2.05, 4.69) is 39.9 Å². The van der Waals surface area contributed by atoms with Crippen molar-refractivity contribution in [2.75, 3.05) is 13.2 Å². The van der Waals surface area contributed by atoms with Crippen LogP contribution in [0.4, 0.5) is 0 Å². The first-order valence-corrected chi connectivity index (χ1v) is 10.3. The van der Waals surface area contributed by atoms with Gasteiger partial charge < -0.3 is 25.4 Å². The van der Waals surface area contributed by atoms with Gasteiger partial charge in [-0.25, -0.2) is 0 Å². The number of benzene rings is 1. The summed E-state index contributed by atoms with van der Waals surface area (Å²) in [7, 11) is 0. The average Bonchev–Trinajstić information content (AvgIpc) is 2.63. The van der Waals surface area contributed by atoms with Gasteiger partial charge in [0.2, 0.25) is 5.91 Å². The molecule has 4 N–H and O–H groups in total. The molecule has 1 aromatic rings. The largest absolute Gasteiger partial charge is 0.508 e. The molecular weight excluding hydrogens is 370 g/mol. The van der Waals surface area contributed by atoms with Crippen LogP contribution in [-0.2, 0) is 10.2 Å². The number of ether oxygens (including phenoxy) is 1. The van der Waals surface area contributed by atoms with Gasteiger partial charge in [0.1, 0.15) is 17.1 Å². The molecule has 0 bridgehead atoms. The minimum atomic E-state index is -0.974. The van der Waals surface area contributed by atoms with Gasteiger partial charge in [0, 0.05) is 29.5 Å². The van der Waals surface area contributed by atoms with Crippen LogP contribution in [0.3, 0.4) is 0 Å². The molecular formula is C23H33NO5. The highest BCUT2D eigenvalue weighted by atomic mass is 16.5. The molecule has 0 spiro atoms. The van der Waals surface area contributed by atoms with Crippen molar-refractivity contribution in [2.24, 2.45) is 5.92 Å². The average molecular weight is 404 g/mol. The first-order valence-electron chi connectivity index (χ1n) is 10.3. The Morgan fingerprint density at radius 2 is 2.03 bits per heavy atom. The molecule has 1 aromatic carbocycles. The number of rotatable bonds is 4. The van der Waals surface area contributed by atoms with Crippen LogP contribution in [0.25, 0.3) is 0 Å². The maximum Gasteiger partial charge on any atom is 0.246 e. The molecule has 0 aromatic heterocycles. The molecule has 0 saturated carbocycles. The van der Waals surface area contributed by atoms with E-state index in [0.717, 1.165) is 11.1 Å². The minimum Gasteiger partial charge on any atom is -0.508 e. The molecule has 0 saturated heterocycles. The molecule has 1 aliphatic carbocycles. The van der Waals surface area contributed by atoms with E-state index in [9.17, 15) is 15.0 Å². The summed E-state index contributed by atoms with van der Waals surface area (Å²) in [6, 6.07) is 3.83. The van der Waals surface area contributed by atoms with Gasteiger partial charge >= 0.3 is 0 Å². The van der Waals surface area contributed by atoms with Gasteiger partial charge in [-0.05, 0) is 49.8 Å². The highest BCUT2D eigenvalue weighted by Crippen LogP contribution is 2.54. The second-order valence-corrected chi connectivity index (χ2v) is 9.79. The number of aliphatic hydroxyl groups is 2. The van der Waals surface area contributed by atoms with E-state index >= 15 is 0 Å². The molecule has 1 amide bonds. The minimum absolute atomic E-state index is 0.00610. The van der Waals surface area contributed by atoms with E-state index in [1.807, 2.05) is 18.2 Å². The Morgan fingerprint density at radius 3 is 2.66 bits per heavy atom. The summed E-state index contributed by atoms with van der Waals surface area (Å²) in [5.41, 5.74) is 1.87. The van der Waals surface area contributed by atoms with Crippen molar-refractivity contribution in [1.29, 1.82) is 0 Å². The normalized spacial score (nSPS) is 23.9. The smallest absolute Gasteiger partial charge is 0.246 e. The molecule has 3 rings (SSSR count). The van der Waals surface area contributed by atoms with Crippen molar-refractivity contribution in [3.63, 3.8) is 0 Å². The van der Waals surface area contributed by atoms with Crippen LogP contribution in [0.15, 0.2) is 23.8 Å². The lowest BCUT2D eigenvalue weighted by molar-refractivity contribution is -0.118. The second kappa shape index (κ2) is 7.65. The number of carbonyl (C=O) groups is 1. The van der Waals surface area contributed by atoms with Gasteiger partial charge in [0.05, 0.1) is 12.7 Å². The predicted molar refractivity (Wildman–Crippen MR) is 111 cm³/mol. The van der Waals surface area contributed by atoms with Crippen LogP contribution in [0.5, 0.6) is 11.5 Å². The maximum absolute atomic E-state index is 12.6. The molecule has 29 heavy (non-hydrogen) atoms. The number of allylic oxidation sites excluding steroid dienone is 1. The number of hydrogen-bond acceptors (Lipinski definition) is 5. The zero-order chi connectivity index (χ0) is 21.6. The number of nitrogens with one attached hydrogen (secondary N) is 1. The number of aliphatic hydroxyl groups excluding tert-OH is 2. The summed E-state index contributed by atoms with van der Waals surface area (Å²) < 4.78 is 6.34. The molecule has 1 aliphatic heterocycles. The number of hydrogen-bond donors (Lipinski definition) is 4. The highest BCUT2D eigenvalue weighted by Gasteiger charge is 2.47. The Bertz CT molecular complexity index is 821. The van der Waals surface area contributed by atoms with Crippen LogP contribution in [-0.4, -0.2) is 46.1 Å². The SMILES string of the molecule is CC(C)(C)c1cc(O)c2c(c1)OC(C)(C)[C@@H]1CC=C(C(=O)NCC(O)CO)CC21. The molecule has 2 aliphatic rings. The molecule has 0 radical (unpaired) electrons. The van der Waals surface area contributed by atoms with E-state index in [0.29, 0.717) is 24.2 Å². The van der Waals surface area contributed by atoms with Crippen molar-refractivity contribution < 1.29 is 24.9 Å². The summed E-state index contributed by atoms with van der Waals surface area (Å²) in [6.45, 7) is 10.0. The van der Waals surface area contributed by atoms with Crippen molar-refractivity contribution >= 4 is 5.91 Å². The number of phenolic OH excluding ortho intramolecular Hbond substituents is 1. The molecule has 3 atom stereocenters. The van der Waals surface area contributed by atoms with Gasteiger partial charge in [0.15, 0.2) is 0 Å². The van der Waals surface area contributed by atoms with Crippen molar-refractivity contribution in [3.8, 4) is 11.5 Å². The molecule has 1 heterocycles. The van der Waals surface area contributed by atoms with Gasteiger partial charge in [-0.3, -0.25) is 4.79 Å². The lowest BCUT2D eigenvalue weighted by Gasteiger charge is -2.47. The fourth-order valence-corrected chi connectivity index (χ4v) is 4.40. The Morgan fingerprint density at radius 1 is 1.34 bits per heavy atom. The fourth-order valence-electron chi connectivity index (χ4n) is 4.40. The van der Waals surface area contributed by atoms with Crippen molar-refractivity contribution in [3.05, 3.63) is 34.9 Å². The first kappa shape index (κ1) is 21.7. The lowest BCUT2D eigenvalue weighted by atomic mass is 9.66. The highest BCUT2D eigenvalue weighted by molar-refractivity contribution is 5.93. The first-order chi connectivity index (χ1) is 13.4. The quantitative estimate of drug-likeness (QED) is 0.620. The number of amides is 1. The van der Waals surface area contributed by atoms with Crippen molar-refractivity contribution in [2.45, 2.75) is 70.5 Å². The van der Waals surface area contributed by atoms with E-state index in [-0.39, 0.29) is 35.5 Å². The number of fused-ring (bicyclic) bond motifs is 3. The Hall–Kier alpha value is -2.05. The van der Waals surface area contributed by atoms with E-state index in [1.165, 1.54) is 0 Å². The Balaban J connectivity index is 1.93. The van der Waals surface area contributed by atoms with E-state index in [1.54, 1.807) is 0 Å². The van der Waals surface area contributed by atoms with Crippen LogP contribution >= 0.6 is 0 Å². The van der Waals surface area contributed by atoms with Gasteiger partial charge in [-0.15, -0.1) is 0 Å². The summed E-state index contributed by atoms with van der Waals surface area (Å²) in [5.74, 6) is 0.777.